The van der Waals surface area contributed by atoms with Gasteiger partial charge in [0, 0.05) is 42.5 Å². The average molecular weight is 384 g/mol. The standard InChI is InChI=1S/C18H26ClN3O2S/c19-16-3-1-15(2-4-16)5-7-20-17(23)21-13-18(6-12-25-14-18)22-8-10-24-11-9-22/h1-4H,5-14H2,(H2,20,21,23). The molecule has 0 aromatic heterocycles. The molecule has 0 bridgehead atoms. The van der Waals surface area contributed by atoms with E-state index in [1.807, 2.05) is 36.0 Å². The third-order valence-corrected chi connectivity index (χ3v) is 6.44. The minimum atomic E-state index is -0.0847. The Morgan fingerprint density at radius 1 is 1.24 bits per heavy atom. The maximum Gasteiger partial charge on any atom is 0.314 e. The van der Waals surface area contributed by atoms with Crippen molar-refractivity contribution in [2.45, 2.75) is 18.4 Å². The third kappa shape index (κ3) is 5.26. The number of urea groups is 1. The van der Waals surface area contributed by atoms with Gasteiger partial charge in [0.2, 0.25) is 0 Å². The third-order valence-electron chi connectivity index (χ3n) is 4.95. The summed E-state index contributed by atoms with van der Waals surface area (Å²) in [5.41, 5.74) is 1.25. The molecular weight excluding hydrogens is 358 g/mol. The Balaban J connectivity index is 1.43. The number of carbonyl (C=O) groups is 1. The Morgan fingerprint density at radius 3 is 2.68 bits per heavy atom. The Bertz CT molecular complexity index is 558. The largest absolute Gasteiger partial charge is 0.379 e. The quantitative estimate of drug-likeness (QED) is 0.792. The van der Waals surface area contributed by atoms with Crippen LogP contribution in [0.1, 0.15) is 12.0 Å². The number of thioether (sulfide) groups is 1. The number of hydrogen-bond donors (Lipinski definition) is 2. The van der Waals surface area contributed by atoms with E-state index in [1.54, 1.807) is 0 Å². The number of halogens is 1. The molecule has 3 rings (SSSR count). The summed E-state index contributed by atoms with van der Waals surface area (Å²) in [7, 11) is 0. The van der Waals surface area contributed by atoms with Crippen LogP contribution in [0.25, 0.3) is 0 Å². The molecule has 2 N–H and O–H groups in total. The molecular formula is C18H26ClN3O2S. The molecule has 0 spiro atoms. The van der Waals surface area contributed by atoms with Gasteiger partial charge >= 0.3 is 6.03 Å². The fraction of sp³-hybridized carbons (Fsp3) is 0.611. The van der Waals surface area contributed by atoms with Crippen LogP contribution in [0.15, 0.2) is 24.3 Å². The Labute approximate surface area is 158 Å². The number of amides is 2. The SMILES string of the molecule is O=C(NCCc1ccc(Cl)cc1)NCC1(N2CCOCC2)CCSC1. The van der Waals surface area contributed by atoms with Crippen LogP contribution in [-0.4, -0.2) is 67.4 Å². The van der Waals surface area contributed by atoms with Crippen molar-refractivity contribution >= 4 is 29.4 Å². The van der Waals surface area contributed by atoms with Crippen LogP contribution in [0.3, 0.4) is 0 Å². The number of ether oxygens (including phenoxy) is 1. The summed E-state index contributed by atoms with van der Waals surface area (Å²) >= 11 is 7.86. The van der Waals surface area contributed by atoms with Crippen molar-refractivity contribution in [2.75, 3.05) is 50.9 Å². The Kier molecular flexibility index (Phi) is 6.87. The second-order valence-corrected chi connectivity index (χ2v) is 8.15. The number of morpholine rings is 1. The van der Waals surface area contributed by atoms with Gasteiger partial charge < -0.3 is 15.4 Å². The zero-order chi connectivity index (χ0) is 17.5. The number of rotatable bonds is 6. The molecule has 138 valence electrons. The smallest absolute Gasteiger partial charge is 0.314 e. The van der Waals surface area contributed by atoms with Crippen LogP contribution < -0.4 is 10.6 Å². The van der Waals surface area contributed by atoms with Crippen molar-refractivity contribution in [3.8, 4) is 0 Å². The molecule has 1 aromatic rings. The highest BCUT2D eigenvalue weighted by atomic mass is 35.5. The molecule has 5 nitrogen and oxygen atoms in total. The van der Waals surface area contributed by atoms with Gasteiger partial charge in [-0.1, -0.05) is 23.7 Å². The maximum atomic E-state index is 12.2. The van der Waals surface area contributed by atoms with Gasteiger partial charge in [-0.3, -0.25) is 4.90 Å². The van der Waals surface area contributed by atoms with E-state index < -0.39 is 0 Å². The van der Waals surface area contributed by atoms with Crippen molar-refractivity contribution in [3.05, 3.63) is 34.9 Å². The van der Waals surface area contributed by atoms with E-state index in [4.69, 9.17) is 16.3 Å². The highest BCUT2D eigenvalue weighted by Crippen LogP contribution is 2.33. The van der Waals surface area contributed by atoms with Gasteiger partial charge in [0.1, 0.15) is 0 Å². The molecule has 1 unspecified atom stereocenters. The van der Waals surface area contributed by atoms with Crippen LogP contribution in [-0.2, 0) is 11.2 Å². The highest BCUT2D eigenvalue weighted by molar-refractivity contribution is 7.99. The van der Waals surface area contributed by atoms with E-state index in [-0.39, 0.29) is 11.6 Å². The lowest BCUT2D eigenvalue weighted by molar-refractivity contribution is -0.0124. The molecule has 2 saturated heterocycles. The molecule has 1 aromatic carbocycles. The average Bonchev–Trinajstić information content (AvgIpc) is 3.13. The summed E-state index contributed by atoms with van der Waals surface area (Å²) in [6, 6.07) is 7.65. The molecule has 2 heterocycles. The van der Waals surface area contributed by atoms with E-state index in [9.17, 15) is 4.79 Å². The van der Waals surface area contributed by atoms with Crippen LogP contribution >= 0.6 is 23.4 Å². The summed E-state index contributed by atoms with van der Waals surface area (Å²) in [5, 5.41) is 6.78. The minimum absolute atomic E-state index is 0.0847. The van der Waals surface area contributed by atoms with Crippen LogP contribution in [0.2, 0.25) is 5.02 Å². The number of nitrogens with zero attached hydrogens (tertiary/aromatic N) is 1. The van der Waals surface area contributed by atoms with Gasteiger partial charge in [-0.05, 0) is 36.3 Å². The monoisotopic (exact) mass is 383 g/mol. The first-order valence-corrected chi connectivity index (χ1v) is 10.4. The molecule has 0 aliphatic carbocycles. The highest BCUT2D eigenvalue weighted by Gasteiger charge is 2.40. The van der Waals surface area contributed by atoms with Crippen molar-refractivity contribution in [3.63, 3.8) is 0 Å². The van der Waals surface area contributed by atoms with Crippen LogP contribution in [0.5, 0.6) is 0 Å². The Hall–Kier alpha value is -0.950. The summed E-state index contributed by atoms with van der Waals surface area (Å²) in [6.07, 6.45) is 1.93. The topological polar surface area (TPSA) is 53.6 Å². The number of hydrogen-bond acceptors (Lipinski definition) is 4. The molecule has 0 saturated carbocycles. The lowest BCUT2D eigenvalue weighted by Crippen LogP contribution is -2.59. The van der Waals surface area contributed by atoms with Crippen molar-refractivity contribution in [1.82, 2.24) is 15.5 Å². The van der Waals surface area contributed by atoms with E-state index in [2.05, 4.69) is 15.5 Å². The van der Waals surface area contributed by atoms with E-state index in [1.165, 1.54) is 5.56 Å². The lowest BCUT2D eigenvalue weighted by atomic mass is 9.95. The summed E-state index contributed by atoms with van der Waals surface area (Å²) in [4.78, 5) is 14.7. The summed E-state index contributed by atoms with van der Waals surface area (Å²) in [5.74, 6) is 2.25. The second kappa shape index (κ2) is 9.12. The van der Waals surface area contributed by atoms with E-state index >= 15 is 0 Å². The normalized spacial score (nSPS) is 24.2. The lowest BCUT2D eigenvalue weighted by Gasteiger charge is -2.43. The van der Waals surface area contributed by atoms with Gasteiger partial charge in [-0.25, -0.2) is 4.79 Å². The van der Waals surface area contributed by atoms with Crippen molar-refractivity contribution < 1.29 is 9.53 Å². The fourth-order valence-corrected chi connectivity index (χ4v) is 5.02. The number of carbonyl (C=O) groups excluding carboxylic acids is 1. The fourth-order valence-electron chi connectivity index (χ4n) is 3.41. The number of nitrogens with one attached hydrogen (secondary N) is 2. The van der Waals surface area contributed by atoms with Crippen LogP contribution in [0.4, 0.5) is 4.79 Å². The van der Waals surface area contributed by atoms with Gasteiger partial charge in [-0.2, -0.15) is 11.8 Å². The number of benzene rings is 1. The van der Waals surface area contributed by atoms with Crippen LogP contribution in [0, 0.1) is 0 Å². The van der Waals surface area contributed by atoms with E-state index in [0.717, 1.165) is 55.7 Å². The second-order valence-electron chi connectivity index (χ2n) is 6.61. The summed E-state index contributed by atoms with van der Waals surface area (Å²) < 4.78 is 5.48. The molecule has 0 radical (unpaired) electrons. The van der Waals surface area contributed by atoms with Crippen molar-refractivity contribution in [1.29, 1.82) is 0 Å². The zero-order valence-corrected chi connectivity index (χ0v) is 16.0. The molecule has 7 heteroatoms. The van der Waals surface area contributed by atoms with Gasteiger partial charge in [-0.15, -0.1) is 0 Å². The molecule has 2 aliphatic heterocycles. The molecule has 2 fully saturated rings. The van der Waals surface area contributed by atoms with Crippen molar-refractivity contribution in [2.24, 2.45) is 0 Å². The predicted molar refractivity (Wildman–Crippen MR) is 104 cm³/mol. The molecule has 2 aliphatic rings. The first-order valence-electron chi connectivity index (χ1n) is 8.85. The molecule has 2 amide bonds. The zero-order valence-electron chi connectivity index (χ0n) is 14.4. The van der Waals surface area contributed by atoms with Gasteiger partial charge in [0.15, 0.2) is 0 Å². The van der Waals surface area contributed by atoms with Gasteiger partial charge in [0.25, 0.3) is 0 Å². The Morgan fingerprint density at radius 2 is 2.00 bits per heavy atom. The summed E-state index contributed by atoms with van der Waals surface area (Å²) in [6.45, 7) is 4.82. The van der Waals surface area contributed by atoms with E-state index in [0.29, 0.717) is 13.1 Å². The first-order chi connectivity index (χ1) is 12.2. The minimum Gasteiger partial charge on any atom is -0.379 e. The molecule has 1 atom stereocenters. The van der Waals surface area contributed by atoms with Gasteiger partial charge in [0.05, 0.1) is 13.2 Å². The predicted octanol–water partition coefficient (Wildman–Crippen LogP) is 2.39. The molecule has 25 heavy (non-hydrogen) atoms. The maximum absolute atomic E-state index is 12.2. The first kappa shape index (κ1) is 18.8.